The predicted molar refractivity (Wildman–Crippen MR) is 74.2 cm³/mol. The van der Waals surface area contributed by atoms with E-state index in [9.17, 15) is 9.59 Å². The summed E-state index contributed by atoms with van der Waals surface area (Å²) in [6, 6.07) is 9.62. The molecule has 0 aromatic heterocycles. The van der Waals surface area contributed by atoms with Crippen LogP contribution in [-0.4, -0.2) is 24.3 Å². The normalized spacial score (nSPS) is 21.2. The van der Waals surface area contributed by atoms with Gasteiger partial charge in [-0.15, -0.1) is 0 Å². The van der Waals surface area contributed by atoms with E-state index in [4.69, 9.17) is 0 Å². The number of piperazine rings is 1. The van der Waals surface area contributed by atoms with E-state index < -0.39 is 0 Å². The lowest BCUT2D eigenvalue weighted by molar-refractivity contribution is -0.119. The van der Waals surface area contributed by atoms with Gasteiger partial charge in [-0.05, 0) is 18.6 Å². The highest BCUT2D eigenvalue weighted by atomic mass is 16.2. The second-order valence-electron chi connectivity index (χ2n) is 4.46. The summed E-state index contributed by atoms with van der Waals surface area (Å²) in [5.41, 5.74) is 1.27. The molecule has 1 fully saturated rings. The monoisotopic (exact) mass is 256 g/mol. The molecule has 0 spiro atoms. The number of carbonyl (C=O) groups is 2. The highest BCUT2D eigenvalue weighted by molar-refractivity contribution is 6.07. The molecule has 0 radical (unpaired) electrons. The maximum absolute atomic E-state index is 11.7. The molecule has 0 bridgehead atoms. The minimum absolute atomic E-state index is 0.0830. The summed E-state index contributed by atoms with van der Waals surface area (Å²) in [4.78, 5) is 23.3. The minimum atomic E-state index is -0.236. The van der Waals surface area contributed by atoms with Crippen LogP contribution in [0.25, 0.3) is 6.08 Å². The molecule has 2 rings (SSSR count). The fourth-order valence-corrected chi connectivity index (χ4v) is 1.75. The van der Waals surface area contributed by atoms with Gasteiger partial charge in [0.1, 0.15) is 5.70 Å². The molecular weight excluding hydrogens is 240 g/mol. The third kappa shape index (κ3) is 3.81. The number of carbonyl (C=O) groups excluding carboxylic acids is 2. The SMILES string of the molecule is C[C@H]1CN/C(=C/C(=O)/C=C/c2ccccc2)C(=O)N1. The molecule has 98 valence electrons. The third-order valence-corrected chi connectivity index (χ3v) is 2.75. The fourth-order valence-electron chi connectivity index (χ4n) is 1.75. The van der Waals surface area contributed by atoms with E-state index in [2.05, 4.69) is 10.6 Å². The van der Waals surface area contributed by atoms with E-state index >= 15 is 0 Å². The van der Waals surface area contributed by atoms with Gasteiger partial charge in [-0.3, -0.25) is 9.59 Å². The highest BCUT2D eigenvalue weighted by Crippen LogP contribution is 2.03. The van der Waals surface area contributed by atoms with Gasteiger partial charge in [0, 0.05) is 18.7 Å². The van der Waals surface area contributed by atoms with E-state index in [-0.39, 0.29) is 17.7 Å². The van der Waals surface area contributed by atoms with Gasteiger partial charge < -0.3 is 10.6 Å². The first-order valence-corrected chi connectivity index (χ1v) is 6.18. The number of rotatable bonds is 3. The summed E-state index contributed by atoms with van der Waals surface area (Å²) in [6.07, 6.45) is 4.50. The lowest BCUT2D eigenvalue weighted by Gasteiger charge is -2.23. The van der Waals surface area contributed by atoms with Crippen LogP contribution in [0.4, 0.5) is 0 Å². The van der Waals surface area contributed by atoms with E-state index in [0.29, 0.717) is 12.2 Å². The topological polar surface area (TPSA) is 58.2 Å². The number of hydrogen-bond acceptors (Lipinski definition) is 3. The predicted octanol–water partition coefficient (Wildman–Crippen LogP) is 1.26. The third-order valence-electron chi connectivity index (χ3n) is 2.75. The van der Waals surface area contributed by atoms with Crippen LogP contribution < -0.4 is 10.6 Å². The van der Waals surface area contributed by atoms with E-state index in [1.807, 2.05) is 37.3 Å². The molecule has 4 heteroatoms. The summed E-state index contributed by atoms with van der Waals surface area (Å²) >= 11 is 0. The number of amides is 1. The van der Waals surface area contributed by atoms with Crippen LogP contribution in [0.15, 0.2) is 48.2 Å². The van der Waals surface area contributed by atoms with Crippen LogP contribution in [-0.2, 0) is 9.59 Å². The van der Waals surface area contributed by atoms with Crippen LogP contribution >= 0.6 is 0 Å². The smallest absolute Gasteiger partial charge is 0.267 e. The summed E-state index contributed by atoms with van der Waals surface area (Å²) in [7, 11) is 0. The Bertz CT molecular complexity index is 532. The average molecular weight is 256 g/mol. The first-order chi connectivity index (χ1) is 9.15. The van der Waals surface area contributed by atoms with Crippen molar-refractivity contribution in [3.8, 4) is 0 Å². The molecule has 1 aliphatic heterocycles. The second kappa shape index (κ2) is 6.00. The average Bonchev–Trinajstić information content (AvgIpc) is 2.41. The van der Waals surface area contributed by atoms with Crippen LogP contribution in [0.5, 0.6) is 0 Å². The molecule has 1 heterocycles. The van der Waals surface area contributed by atoms with Crippen molar-refractivity contribution in [2.24, 2.45) is 0 Å². The van der Waals surface area contributed by atoms with Crippen molar-refractivity contribution >= 4 is 17.8 Å². The maximum atomic E-state index is 11.7. The second-order valence-corrected chi connectivity index (χ2v) is 4.46. The van der Waals surface area contributed by atoms with Gasteiger partial charge in [-0.1, -0.05) is 36.4 Å². The van der Waals surface area contributed by atoms with Crippen LogP contribution in [0, 0.1) is 0 Å². The number of allylic oxidation sites excluding steroid dienone is 2. The molecule has 0 unspecified atom stereocenters. The molecule has 1 aliphatic rings. The zero-order chi connectivity index (χ0) is 13.7. The molecule has 1 amide bonds. The standard InChI is InChI=1S/C15H16N2O2/c1-11-10-16-14(15(19)17-11)9-13(18)8-7-12-5-3-2-4-6-12/h2-9,11,16H,10H2,1H3,(H,17,19)/b8-7+,14-9+/t11-/m0/s1. The van der Waals surface area contributed by atoms with Crippen molar-refractivity contribution < 1.29 is 9.59 Å². The van der Waals surface area contributed by atoms with Crippen LogP contribution in [0.3, 0.4) is 0 Å². The van der Waals surface area contributed by atoms with Crippen molar-refractivity contribution in [3.63, 3.8) is 0 Å². The van der Waals surface area contributed by atoms with E-state index in [1.165, 1.54) is 12.2 Å². The van der Waals surface area contributed by atoms with Crippen LogP contribution in [0.2, 0.25) is 0 Å². The molecule has 19 heavy (non-hydrogen) atoms. The summed E-state index contributed by atoms with van der Waals surface area (Å²) < 4.78 is 0. The summed E-state index contributed by atoms with van der Waals surface area (Å²) in [5.74, 6) is -0.448. The first kappa shape index (κ1) is 13.1. The fraction of sp³-hybridized carbons (Fsp3) is 0.200. The lowest BCUT2D eigenvalue weighted by Crippen LogP contribution is -2.49. The molecule has 0 aliphatic carbocycles. The van der Waals surface area contributed by atoms with Crippen molar-refractivity contribution in [2.45, 2.75) is 13.0 Å². The molecule has 4 nitrogen and oxygen atoms in total. The molecule has 1 atom stereocenters. The van der Waals surface area contributed by atoms with Crippen molar-refractivity contribution in [3.05, 3.63) is 53.7 Å². The molecule has 1 saturated heterocycles. The van der Waals surface area contributed by atoms with Gasteiger partial charge in [0.15, 0.2) is 5.78 Å². The van der Waals surface area contributed by atoms with Crippen molar-refractivity contribution in [1.82, 2.24) is 10.6 Å². The van der Waals surface area contributed by atoms with Gasteiger partial charge in [-0.2, -0.15) is 0 Å². The Hall–Kier alpha value is -2.36. The molecule has 2 N–H and O–H groups in total. The molecule has 0 saturated carbocycles. The van der Waals surface area contributed by atoms with Gasteiger partial charge in [0.25, 0.3) is 5.91 Å². The highest BCUT2D eigenvalue weighted by Gasteiger charge is 2.18. The summed E-state index contributed by atoms with van der Waals surface area (Å²) in [6.45, 7) is 2.53. The number of hydrogen-bond donors (Lipinski definition) is 2. The van der Waals surface area contributed by atoms with Gasteiger partial charge in [0.05, 0.1) is 0 Å². The largest absolute Gasteiger partial charge is 0.378 e. The Morgan fingerprint density at radius 1 is 1.32 bits per heavy atom. The number of ketones is 1. The maximum Gasteiger partial charge on any atom is 0.267 e. The summed E-state index contributed by atoms with van der Waals surface area (Å²) in [5, 5.41) is 5.70. The number of nitrogens with one attached hydrogen (secondary N) is 2. The quantitative estimate of drug-likeness (QED) is 0.800. The van der Waals surface area contributed by atoms with Crippen LogP contribution in [0.1, 0.15) is 12.5 Å². The molecular formula is C15H16N2O2. The Kier molecular flexibility index (Phi) is 4.13. The minimum Gasteiger partial charge on any atom is -0.378 e. The van der Waals surface area contributed by atoms with Gasteiger partial charge in [-0.25, -0.2) is 0 Å². The number of benzene rings is 1. The Morgan fingerprint density at radius 2 is 2.05 bits per heavy atom. The van der Waals surface area contributed by atoms with Gasteiger partial charge in [0.2, 0.25) is 0 Å². The van der Waals surface area contributed by atoms with Crippen molar-refractivity contribution in [2.75, 3.05) is 6.54 Å². The zero-order valence-electron chi connectivity index (χ0n) is 10.7. The Balaban J connectivity index is 2.01. The van der Waals surface area contributed by atoms with Crippen molar-refractivity contribution in [1.29, 1.82) is 0 Å². The van der Waals surface area contributed by atoms with Gasteiger partial charge >= 0.3 is 0 Å². The Labute approximate surface area is 112 Å². The van der Waals surface area contributed by atoms with E-state index in [0.717, 1.165) is 5.56 Å². The lowest BCUT2D eigenvalue weighted by atomic mass is 10.1. The first-order valence-electron chi connectivity index (χ1n) is 6.18. The van der Waals surface area contributed by atoms with E-state index in [1.54, 1.807) is 6.08 Å². The molecule has 1 aromatic carbocycles. The molecule has 1 aromatic rings. The Morgan fingerprint density at radius 3 is 2.74 bits per heavy atom. The zero-order valence-corrected chi connectivity index (χ0v) is 10.7.